The summed E-state index contributed by atoms with van der Waals surface area (Å²) < 4.78 is 16.9. The summed E-state index contributed by atoms with van der Waals surface area (Å²) in [6.45, 7) is 4.21. The number of rotatable bonds is 5. The van der Waals surface area contributed by atoms with Crippen molar-refractivity contribution in [2.24, 2.45) is 0 Å². The standard InChI is InChI=1S/C28H25NO3/c1-18-15-21(30-3)10-12-25(18)29(26-13-11-22(31-4)16-19(26)2)20-9-14-28-24(17-20)23-7-5-6-8-27(23)32-28/h5-17H,1-4H3. The molecule has 0 saturated carbocycles. The zero-order chi connectivity index (χ0) is 22.2. The first-order valence-electron chi connectivity index (χ1n) is 10.6. The monoisotopic (exact) mass is 423 g/mol. The number of benzene rings is 4. The fraction of sp³-hybridized carbons (Fsp3) is 0.143. The molecular weight excluding hydrogens is 398 g/mol. The molecule has 0 fully saturated rings. The molecule has 0 saturated heterocycles. The zero-order valence-corrected chi connectivity index (χ0v) is 18.7. The number of hydrogen-bond acceptors (Lipinski definition) is 4. The second kappa shape index (κ2) is 7.97. The summed E-state index contributed by atoms with van der Waals surface area (Å²) in [5.41, 5.74) is 7.26. The van der Waals surface area contributed by atoms with Gasteiger partial charge in [-0.1, -0.05) is 18.2 Å². The molecule has 4 heteroatoms. The van der Waals surface area contributed by atoms with Crippen molar-refractivity contribution in [3.05, 3.63) is 90.0 Å². The Morgan fingerprint density at radius 2 is 1.22 bits per heavy atom. The van der Waals surface area contributed by atoms with Gasteiger partial charge in [-0.2, -0.15) is 0 Å². The average molecular weight is 424 g/mol. The highest BCUT2D eigenvalue weighted by molar-refractivity contribution is 6.06. The van der Waals surface area contributed by atoms with Gasteiger partial charge >= 0.3 is 0 Å². The van der Waals surface area contributed by atoms with E-state index in [4.69, 9.17) is 13.9 Å². The van der Waals surface area contributed by atoms with Crippen LogP contribution in [0.4, 0.5) is 17.1 Å². The number of methoxy groups -OCH3 is 2. The van der Waals surface area contributed by atoms with Crippen LogP contribution in [-0.4, -0.2) is 14.2 Å². The van der Waals surface area contributed by atoms with Gasteiger partial charge in [-0.25, -0.2) is 0 Å². The lowest BCUT2D eigenvalue weighted by molar-refractivity contribution is 0.414. The van der Waals surface area contributed by atoms with Crippen molar-refractivity contribution in [1.82, 2.24) is 0 Å². The van der Waals surface area contributed by atoms with E-state index in [0.29, 0.717) is 0 Å². The Bertz CT molecular complexity index is 1380. The van der Waals surface area contributed by atoms with Crippen LogP contribution in [0.3, 0.4) is 0 Å². The summed E-state index contributed by atoms with van der Waals surface area (Å²) >= 11 is 0. The van der Waals surface area contributed by atoms with E-state index in [1.165, 1.54) is 0 Å². The number of para-hydroxylation sites is 1. The van der Waals surface area contributed by atoms with Crippen molar-refractivity contribution in [3.8, 4) is 11.5 Å². The lowest BCUT2D eigenvalue weighted by Crippen LogP contribution is -2.12. The van der Waals surface area contributed by atoms with Crippen LogP contribution < -0.4 is 14.4 Å². The van der Waals surface area contributed by atoms with Gasteiger partial charge in [-0.15, -0.1) is 0 Å². The largest absolute Gasteiger partial charge is 0.497 e. The van der Waals surface area contributed by atoms with Crippen molar-refractivity contribution in [2.45, 2.75) is 13.8 Å². The van der Waals surface area contributed by atoms with Gasteiger partial charge in [0.2, 0.25) is 0 Å². The maximum absolute atomic E-state index is 6.06. The lowest BCUT2D eigenvalue weighted by Gasteiger charge is -2.29. The van der Waals surface area contributed by atoms with E-state index in [1.54, 1.807) is 14.2 Å². The number of aryl methyl sites for hydroxylation is 2. The first-order valence-corrected chi connectivity index (χ1v) is 10.6. The lowest BCUT2D eigenvalue weighted by atomic mass is 10.1. The van der Waals surface area contributed by atoms with Gasteiger partial charge in [0.25, 0.3) is 0 Å². The van der Waals surface area contributed by atoms with Crippen molar-refractivity contribution in [2.75, 3.05) is 19.1 Å². The Morgan fingerprint density at radius 1 is 0.625 bits per heavy atom. The first kappa shape index (κ1) is 20.0. The minimum atomic E-state index is 0.842. The third kappa shape index (κ3) is 3.34. The van der Waals surface area contributed by atoms with Crippen molar-refractivity contribution in [1.29, 1.82) is 0 Å². The molecule has 32 heavy (non-hydrogen) atoms. The predicted octanol–water partition coefficient (Wildman–Crippen LogP) is 7.69. The summed E-state index contributed by atoms with van der Waals surface area (Å²) in [6.07, 6.45) is 0. The van der Waals surface area contributed by atoms with Gasteiger partial charge in [-0.05, 0) is 85.6 Å². The molecule has 4 nitrogen and oxygen atoms in total. The number of fused-ring (bicyclic) bond motifs is 3. The van der Waals surface area contributed by atoms with E-state index < -0.39 is 0 Å². The van der Waals surface area contributed by atoms with Gasteiger partial charge in [0.15, 0.2) is 0 Å². The maximum Gasteiger partial charge on any atom is 0.135 e. The highest BCUT2D eigenvalue weighted by Crippen LogP contribution is 2.42. The minimum absolute atomic E-state index is 0.842. The molecule has 0 N–H and O–H groups in total. The zero-order valence-electron chi connectivity index (χ0n) is 18.7. The van der Waals surface area contributed by atoms with Crippen LogP contribution in [0.2, 0.25) is 0 Å². The average Bonchev–Trinajstić information content (AvgIpc) is 3.19. The van der Waals surface area contributed by atoms with Crippen LogP contribution >= 0.6 is 0 Å². The van der Waals surface area contributed by atoms with Crippen molar-refractivity contribution >= 4 is 39.0 Å². The third-order valence-electron chi connectivity index (χ3n) is 5.91. The Labute approximate surface area is 187 Å². The molecule has 0 radical (unpaired) electrons. The first-order chi connectivity index (χ1) is 15.6. The molecule has 4 aromatic carbocycles. The van der Waals surface area contributed by atoms with E-state index in [9.17, 15) is 0 Å². The van der Waals surface area contributed by atoms with Crippen LogP contribution in [-0.2, 0) is 0 Å². The Kier molecular flexibility index (Phi) is 4.98. The van der Waals surface area contributed by atoms with E-state index >= 15 is 0 Å². The Hall–Kier alpha value is -3.92. The molecule has 5 rings (SSSR count). The Balaban J connectivity index is 1.75. The van der Waals surface area contributed by atoms with E-state index in [2.05, 4.69) is 67.3 Å². The topological polar surface area (TPSA) is 34.8 Å². The molecule has 0 aliphatic rings. The molecule has 0 amide bonds. The van der Waals surface area contributed by atoms with Crippen molar-refractivity contribution < 1.29 is 13.9 Å². The van der Waals surface area contributed by atoms with Crippen LogP contribution in [0.1, 0.15) is 11.1 Å². The second-order valence-electron chi connectivity index (χ2n) is 7.92. The predicted molar refractivity (Wildman–Crippen MR) is 131 cm³/mol. The van der Waals surface area contributed by atoms with E-state index in [1.807, 2.05) is 30.3 Å². The normalized spacial score (nSPS) is 11.1. The molecule has 0 aliphatic carbocycles. The van der Waals surface area contributed by atoms with Gasteiger partial charge in [0.1, 0.15) is 22.7 Å². The molecule has 5 aromatic rings. The van der Waals surface area contributed by atoms with E-state index in [-0.39, 0.29) is 0 Å². The summed E-state index contributed by atoms with van der Waals surface area (Å²) in [4.78, 5) is 2.28. The van der Waals surface area contributed by atoms with Gasteiger partial charge in [0.05, 0.1) is 14.2 Å². The van der Waals surface area contributed by atoms with Crippen LogP contribution in [0, 0.1) is 13.8 Å². The highest BCUT2D eigenvalue weighted by atomic mass is 16.5. The number of ether oxygens (including phenoxy) is 2. The molecule has 1 heterocycles. The van der Waals surface area contributed by atoms with Gasteiger partial charge in [0, 0.05) is 27.8 Å². The fourth-order valence-corrected chi connectivity index (χ4v) is 4.27. The molecule has 0 unspecified atom stereocenters. The number of anilines is 3. The van der Waals surface area contributed by atoms with Crippen molar-refractivity contribution in [3.63, 3.8) is 0 Å². The SMILES string of the molecule is COc1ccc(N(c2ccc3oc4ccccc4c3c2)c2ccc(OC)cc2C)c(C)c1. The van der Waals surface area contributed by atoms with Gasteiger partial charge in [-0.3, -0.25) is 0 Å². The van der Waals surface area contributed by atoms with Crippen LogP contribution in [0.15, 0.2) is 83.3 Å². The summed E-state index contributed by atoms with van der Waals surface area (Å²) in [6, 6.07) is 26.9. The second-order valence-corrected chi connectivity index (χ2v) is 7.92. The molecule has 160 valence electrons. The number of nitrogens with zero attached hydrogens (tertiary/aromatic N) is 1. The quantitative estimate of drug-likeness (QED) is 0.290. The summed E-state index contributed by atoms with van der Waals surface area (Å²) in [7, 11) is 3.38. The minimum Gasteiger partial charge on any atom is -0.497 e. The number of furan rings is 1. The van der Waals surface area contributed by atoms with Gasteiger partial charge < -0.3 is 18.8 Å². The Morgan fingerprint density at radius 3 is 1.81 bits per heavy atom. The smallest absolute Gasteiger partial charge is 0.135 e. The molecule has 0 aliphatic heterocycles. The van der Waals surface area contributed by atoms with Crippen LogP contribution in [0.25, 0.3) is 21.9 Å². The fourth-order valence-electron chi connectivity index (χ4n) is 4.27. The summed E-state index contributed by atoms with van der Waals surface area (Å²) in [5.74, 6) is 1.68. The molecule has 0 bridgehead atoms. The van der Waals surface area contributed by atoms with E-state index in [0.717, 1.165) is 61.6 Å². The number of hydrogen-bond donors (Lipinski definition) is 0. The molecule has 0 atom stereocenters. The summed E-state index contributed by atoms with van der Waals surface area (Å²) in [5, 5.41) is 2.21. The maximum atomic E-state index is 6.06. The molecular formula is C28H25NO3. The molecule has 0 spiro atoms. The highest BCUT2D eigenvalue weighted by Gasteiger charge is 2.19. The third-order valence-corrected chi connectivity index (χ3v) is 5.91. The molecule has 1 aromatic heterocycles. The van der Waals surface area contributed by atoms with Crippen LogP contribution in [0.5, 0.6) is 11.5 Å².